The molecule has 2 aromatic rings. The van der Waals surface area contributed by atoms with Gasteiger partial charge in [0.2, 0.25) is 0 Å². The first kappa shape index (κ1) is 17.9. The molecule has 2 aromatic heterocycles. The lowest BCUT2D eigenvalue weighted by Gasteiger charge is -2.15. The van der Waals surface area contributed by atoms with Gasteiger partial charge >= 0.3 is 5.69 Å². The van der Waals surface area contributed by atoms with E-state index in [0.717, 1.165) is 54.1 Å². The van der Waals surface area contributed by atoms with Gasteiger partial charge in [-0.05, 0) is 38.2 Å². The highest BCUT2D eigenvalue weighted by molar-refractivity contribution is 7.18. The first-order valence-corrected chi connectivity index (χ1v) is 10.2. The van der Waals surface area contributed by atoms with E-state index < -0.39 is 0 Å². The molecule has 2 aliphatic rings. The fraction of sp³-hybridized carbons (Fsp3) is 0.667. The second kappa shape index (κ2) is 7.26. The van der Waals surface area contributed by atoms with Gasteiger partial charge in [0.15, 0.2) is 0 Å². The third kappa shape index (κ3) is 3.15. The maximum atomic E-state index is 13.1. The van der Waals surface area contributed by atoms with Gasteiger partial charge in [0.25, 0.3) is 5.56 Å². The van der Waals surface area contributed by atoms with Gasteiger partial charge in [-0.25, -0.2) is 4.79 Å². The van der Waals surface area contributed by atoms with Crippen molar-refractivity contribution >= 4 is 21.6 Å². The fourth-order valence-corrected chi connectivity index (χ4v) is 4.96. The fourth-order valence-electron chi connectivity index (χ4n) is 3.69. The van der Waals surface area contributed by atoms with E-state index in [0.29, 0.717) is 25.0 Å². The van der Waals surface area contributed by atoms with Gasteiger partial charge in [0.05, 0.1) is 18.0 Å². The maximum Gasteiger partial charge on any atom is 0.332 e. The number of fused-ring (bicyclic) bond motifs is 1. The van der Waals surface area contributed by atoms with Crippen LogP contribution in [0.5, 0.6) is 0 Å². The molecule has 142 valence electrons. The quantitative estimate of drug-likeness (QED) is 0.704. The minimum absolute atomic E-state index is 0.0577. The molecular formula is C18H26N4O3S. The van der Waals surface area contributed by atoms with Crippen LogP contribution in [0.25, 0.3) is 10.2 Å². The molecule has 4 rings (SSSR count). The van der Waals surface area contributed by atoms with Crippen molar-refractivity contribution in [3.63, 3.8) is 0 Å². The average molecular weight is 378 g/mol. The summed E-state index contributed by atoms with van der Waals surface area (Å²) >= 11 is 1.54. The number of aryl methyl sites for hydroxylation is 1. The van der Waals surface area contributed by atoms with Crippen molar-refractivity contribution in [2.75, 3.05) is 19.7 Å². The highest BCUT2D eigenvalue weighted by Gasteiger charge is 2.31. The Kier molecular flexibility index (Phi) is 5.00. The third-order valence-corrected chi connectivity index (χ3v) is 6.59. The summed E-state index contributed by atoms with van der Waals surface area (Å²) in [6.07, 6.45) is 3.87. The number of thiophene rings is 1. The topological polar surface area (TPSA) is 91.3 Å². The Morgan fingerprint density at radius 1 is 1.31 bits per heavy atom. The second-order valence-corrected chi connectivity index (χ2v) is 8.31. The molecule has 1 saturated carbocycles. The van der Waals surface area contributed by atoms with E-state index >= 15 is 0 Å². The summed E-state index contributed by atoms with van der Waals surface area (Å²) in [6, 6.07) is 0.0632. The zero-order chi connectivity index (χ0) is 18.3. The summed E-state index contributed by atoms with van der Waals surface area (Å²) in [5.41, 5.74) is 6.23. The minimum Gasteiger partial charge on any atom is -0.376 e. The second-order valence-electron chi connectivity index (χ2n) is 7.23. The monoisotopic (exact) mass is 378 g/mol. The van der Waals surface area contributed by atoms with Gasteiger partial charge in [0, 0.05) is 37.2 Å². The number of hydrogen-bond acceptors (Lipinski definition) is 6. The van der Waals surface area contributed by atoms with Crippen LogP contribution in [0.1, 0.15) is 42.2 Å². The van der Waals surface area contributed by atoms with Gasteiger partial charge in [-0.1, -0.05) is 0 Å². The Hall–Kier alpha value is -1.48. The molecule has 0 unspecified atom stereocenters. The smallest absolute Gasteiger partial charge is 0.332 e. The van der Waals surface area contributed by atoms with E-state index in [9.17, 15) is 9.59 Å². The number of nitrogens with two attached hydrogens (primary N) is 1. The van der Waals surface area contributed by atoms with E-state index in [-0.39, 0.29) is 23.4 Å². The molecule has 1 aliphatic carbocycles. The number of nitrogens with zero attached hydrogens (tertiary/aromatic N) is 2. The van der Waals surface area contributed by atoms with Gasteiger partial charge in [-0.15, -0.1) is 11.3 Å². The number of rotatable bonds is 7. The molecule has 0 radical (unpaired) electrons. The number of ether oxygens (including phenoxy) is 1. The number of aromatic nitrogens is 2. The van der Waals surface area contributed by atoms with Crippen LogP contribution in [-0.2, 0) is 17.8 Å². The predicted octanol–water partition coefficient (Wildman–Crippen LogP) is 1.10. The van der Waals surface area contributed by atoms with E-state index in [2.05, 4.69) is 5.32 Å². The molecule has 1 atom stereocenters. The summed E-state index contributed by atoms with van der Waals surface area (Å²) in [5.74, 6) is 0. The van der Waals surface area contributed by atoms with Crippen molar-refractivity contribution < 1.29 is 4.74 Å². The first-order valence-electron chi connectivity index (χ1n) is 9.41. The molecule has 7 nitrogen and oxygen atoms in total. The maximum absolute atomic E-state index is 13.1. The molecule has 26 heavy (non-hydrogen) atoms. The summed E-state index contributed by atoms with van der Waals surface area (Å²) in [5, 5.41) is 3.99. The Morgan fingerprint density at radius 2 is 2.12 bits per heavy atom. The van der Waals surface area contributed by atoms with Crippen LogP contribution in [0.15, 0.2) is 9.59 Å². The zero-order valence-corrected chi connectivity index (χ0v) is 15.9. The molecule has 3 heterocycles. The Morgan fingerprint density at radius 3 is 2.77 bits per heavy atom. The predicted molar refractivity (Wildman–Crippen MR) is 103 cm³/mol. The lowest BCUT2D eigenvalue weighted by atomic mass is 10.2. The van der Waals surface area contributed by atoms with Crippen LogP contribution < -0.4 is 22.3 Å². The van der Waals surface area contributed by atoms with Crippen LogP contribution in [-0.4, -0.2) is 34.9 Å². The molecule has 1 saturated heterocycles. The van der Waals surface area contributed by atoms with Crippen LogP contribution in [0.3, 0.4) is 0 Å². The first-order chi connectivity index (χ1) is 12.6. The van der Waals surface area contributed by atoms with Crippen LogP contribution in [0.4, 0.5) is 0 Å². The van der Waals surface area contributed by atoms with Crippen molar-refractivity contribution in [2.24, 2.45) is 5.73 Å². The lowest BCUT2D eigenvalue weighted by molar-refractivity contribution is 0.0966. The van der Waals surface area contributed by atoms with Crippen LogP contribution in [0, 0.1) is 6.92 Å². The summed E-state index contributed by atoms with van der Waals surface area (Å²) in [4.78, 5) is 28.1. The molecule has 0 amide bonds. The van der Waals surface area contributed by atoms with Crippen molar-refractivity contribution in [1.29, 1.82) is 0 Å². The molecule has 0 aromatic carbocycles. The van der Waals surface area contributed by atoms with Crippen molar-refractivity contribution in [3.05, 3.63) is 31.3 Å². The van der Waals surface area contributed by atoms with E-state index in [1.54, 1.807) is 15.9 Å². The van der Waals surface area contributed by atoms with Crippen molar-refractivity contribution in [3.8, 4) is 0 Å². The van der Waals surface area contributed by atoms with Gasteiger partial charge in [0.1, 0.15) is 4.83 Å². The van der Waals surface area contributed by atoms with Crippen molar-refractivity contribution in [1.82, 2.24) is 14.5 Å². The summed E-state index contributed by atoms with van der Waals surface area (Å²) in [6.45, 7) is 5.22. The minimum atomic E-state index is -0.178. The van der Waals surface area contributed by atoms with Crippen LogP contribution >= 0.6 is 11.3 Å². The highest BCUT2D eigenvalue weighted by Crippen LogP contribution is 2.34. The summed E-state index contributed by atoms with van der Waals surface area (Å²) in [7, 11) is 0. The van der Waals surface area contributed by atoms with Gasteiger partial charge < -0.3 is 15.8 Å². The van der Waals surface area contributed by atoms with E-state index in [4.69, 9.17) is 10.5 Å². The number of nitrogens with one attached hydrogen (secondary N) is 1. The molecule has 3 N–H and O–H groups in total. The normalized spacial score (nSPS) is 20.3. The van der Waals surface area contributed by atoms with E-state index in [1.807, 2.05) is 6.92 Å². The van der Waals surface area contributed by atoms with E-state index in [1.165, 1.54) is 4.57 Å². The zero-order valence-electron chi connectivity index (χ0n) is 15.1. The largest absolute Gasteiger partial charge is 0.376 e. The molecule has 2 fully saturated rings. The lowest BCUT2D eigenvalue weighted by Crippen LogP contribution is -2.40. The SMILES string of the molecule is Cc1c(CNCCN)sc2c1c(=O)n(C1CC1)c(=O)n2C[C@@H]1CCCO1. The van der Waals surface area contributed by atoms with Crippen molar-refractivity contribution in [2.45, 2.75) is 57.8 Å². The van der Waals surface area contributed by atoms with Crippen LogP contribution in [0.2, 0.25) is 0 Å². The molecule has 8 heteroatoms. The number of hydrogen-bond donors (Lipinski definition) is 2. The molecular weight excluding hydrogens is 352 g/mol. The standard InChI is InChI=1S/C18H26N4O3S/c1-11-14(9-20-7-6-19)26-17-15(11)16(23)22(12-4-5-12)18(24)21(17)10-13-3-2-8-25-13/h12-13,20H,2-10,19H2,1H3/t13-/m0/s1. The average Bonchev–Trinajstić information content (AvgIpc) is 3.20. The summed E-state index contributed by atoms with van der Waals surface area (Å²) < 4.78 is 9.02. The molecule has 0 bridgehead atoms. The molecule has 0 spiro atoms. The Labute approximate surface area is 155 Å². The van der Waals surface area contributed by atoms with Gasteiger partial charge in [-0.2, -0.15) is 0 Å². The Balaban J connectivity index is 1.84. The van der Waals surface area contributed by atoms with Gasteiger partial charge in [-0.3, -0.25) is 13.9 Å². The third-order valence-electron chi connectivity index (χ3n) is 5.27. The Bertz CT molecular complexity index is 919. The highest BCUT2D eigenvalue weighted by atomic mass is 32.1. The molecule has 1 aliphatic heterocycles.